The van der Waals surface area contributed by atoms with Crippen LogP contribution in [0.15, 0.2) is 47.8 Å². The van der Waals surface area contributed by atoms with Gasteiger partial charge in [0.25, 0.3) is 0 Å². The minimum atomic E-state index is -0.0810. The molecule has 0 radical (unpaired) electrons. The van der Waals surface area contributed by atoms with E-state index in [1.54, 1.807) is 0 Å². The molecular formula is C17H15N3O2S2. The van der Waals surface area contributed by atoms with Gasteiger partial charge in [-0.25, -0.2) is 9.97 Å². The molecule has 3 rings (SSSR count). The highest BCUT2D eigenvalue weighted by atomic mass is 32.2. The molecule has 0 aliphatic carbocycles. The number of carbonyl (C=O) groups is 2. The van der Waals surface area contributed by atoms with Crippen molar-refractivity contribution in [3.8, 4) is 0 Å². The number of ketones is 1. The second-order valence-electron chi connectivity index (χ2n) is 5.08. The number of Topliss-reactive ketones (excluding diaryl/α,β-unsaturated/α-hetero) is 1. The molecule has 0 fully saturated rings. The van der Waals surface area contributed by atoms with E-state index in [9.17, 15) is 9.59 Å². The van der Waals surface area contributed by atoms with Crippen molar-refractivity contribution in [2.45, 2.75) is 18.5 Å². The third kappa shape index (κ3) is 3.98. The predicted octanol–water partition coefficient (Wildman–Crippen LogP) is 3.30. The number of aromatic nitrogens is 2. The minimum Gasteiger partial charge on any atom is -0.351 e. The molecule has 2 heterocycles. The molecule has 24 heavy (non-hydrogen) atoms. The van der Waals surface area contributed by atoms with Gasteiger partial charge in [-0.15, -0.1) is 11.3 Å². The van der Waals surface area contributed by atoms with Crippen molar-refractivity contribution in [3.63, 3.8) is 0 Å². The quantitative estimate of drug-likeness (QED) is 0.416. The van der Waals surface area contributed by atoms with Crippen LogP contribution in [0.5, 0.6) is 0 Å². The Labute approximate surface area is 147 Å². The molecule has 5 nitrogen and oxygen atoms in total. The highest BCUT2D eigenvalue weighted by Gasteiger charge is 2.12. The number of thioether (sulfide) groups is 1. The number of para-hydroxylation sites is 1. The predicted molar refractivity (Wildman–Crippen MR) is 96.4 cm³/mol. The van der Waals surface area contributed by atoms with Crippen molar-refractivity contribution in [2.24, 2.45) is 0 Å². The molecule has 0 aliphatic heterocycles. The Balaban J connectivity index is 1.66. The Morgan fingerprint density at radius 2 is 2.00 bits per heavy atom. The van der Waals surface area contributed by atoms with Crippen LogP contribution in [0.3, 0.4) is 0 Å². The van der Waals surface area contributed by atoms with Crippen LogP contribution in [0, 0.1) is 0 Å². The third-order valence-corrected chi connectivity index (χ3v) is 5.43. The van der Waals surface area contributed by atoms with Gasteiger partial charge in [-0.2, -0.15) is 0 Å². The number of hydrogen-bond donors (Lipinski definition) is 1. The minimum absolute atomic E-state index is 0.0572. The number of nitrogens with one attached hydrogen (secondary N) is 1. The molecule has 0 bridgehead atoms. The average Bonchev–Trinajstić information content (AvgIpc) is 3.07. The van der Waals surface area contributed by atoms with Crippen molar-refractivity contribution >= 4 is 45.7 Å². The van der Waals surface area contributed by atoms with E-state index < -0.39 is 0 Å². The zero-order valence-electron chi connectivity index (χ0n) is 13.0. The lowest BCUT2D eigenvalue weighted by molar-refractivity contribution is -0.119. The lowest BCUT2D eigenvalue weighted by Gasteiger charge is -2.03. The smallest absolute Gasteiger partial charge is 0.217 e. The summed E-state index contributed by atoms with van der Waals surface area (Å²) in [5, 5.41) is 4.49. The fourth-order valence-corrected chi connectivity index (χ4v) is 3.98. The maximum absolute atomic E-state index is 12.4. The first-order valence-corrected chi connectivity index (χ1v) is 9.12. The SMILES string of the molecule is CC(=O)NCc1ccc(C(=O)CSc2ncnc3ccccc23)s1. The molecule has 0 atom stereocenters. The monoisotopic (exact) mass is 357 g/mol. The van der Waals surface area contributed by atoms with E-state index in [0.29, 0.717) is 17.2 Å². The van der Waals surface area contributed by atoms with Gasteiger partial charge in [-0.05, 0) is 18.2 Å². The van der Waals surface area contributed by atoms with Gasteiger partial charge in [0.15, 0.2) is 5.78 Å². The lowest BCUT2D eigenvalue weighted by atomic mass is 10.2. The number of thiophene rings is 1. The maximum Gasteiger partial charge on any atom is 0.217 e. The zero-order chi connectivity index (χ0) is 16.9. The molecule has 1 aromatic carbocycles. The molecule has 0 spiro atoms. The van der Waals surface area contributed by atoms with Crippen LogP contribution in [0.1, 0.15) is 21.5 Å². The summed E-state index contributed by atoms with van der Waals surface area (Å²) < 4.78 is 0. The maximum atomic E-state index is 12.4. The normalized spacial score (nSPS) is 10.7. The van der Waals surface area contributed by atoms with Crippen LogP contribution in [0.25, 0.3) is 10.9 Å². The van der Waals surface area contributed by atoms with Crippen LogP contribution >= 0.6 is 23.1 Å². The van der Waals surface area contributed by atoms with Crippen molar-refractivity contribution in [1.29, 1.82) is 0 Å². The van der Waals surface area contributed by atoms with Gasteiger partial charge >= 0.3 is 0 Å². The van der Waals surface area contributed by atoms with E-state index in [1.807, 2.05) is 36.4 Å². The van der Waals surface area contributed by atoms with Gasteiger partial charge in [0, 0.05) is 17.2 Å². The molecule has 122 valence electrons. The second-order valence-corrected chi connectivity index (χ2v) is 7.22. The number of carbonyl (C=O) groups excluding carboxylic acids is 2. The van der Waals surface area contributed by atoms with Crippen LogP contribution in [0.2, 0.25) is 0 Å². The second kappa shape index (κ2) is 7.55. The standard InChI is InChI=1S/C17H15N3O2S2/c1-11(21)18-8-12-6-7-16(24-12)15(22)9-23-17-13-4-2-3-5-14(13)19-10-20-17/h2-7,10H,8-9H2,1H3,(H,18,21). The summed E-state index contributed by atoms with van der Waals surface area (Å²) in [5.74, 6) is 0.297. The number of hydrogen-bond acceptors (Lipinski definition) is 6. The molecule has 1 N–H and O–H groups in total. The molecule has 0 saturated carbocycles. The van der Waals surface area contributed by atoms with Crippen LogP contribution < -0.4 is 5.32 Å². The van der Waals surface area contributed by atoms with Crippen molar-refractivity contribution < 1.29 is 9.59 Å². The molecule has 7 heteroatoms. The van der Waals surface area contributed by atoms with Crippen molar-refractivity contribution in [3.05, 3.63) is 52.5 Å². The summed E-state index contributed by atoms with van der Waals surface area (Å²) in [5.41, 5.74) is 0.871. The Bertz CT molecular complexity index is 887. The van der Waals surface area contributed by atoms with Crippen molar-refractivity contribution in [1.82, 2.24) is 15.3 Å². The molecule has 0 unspecified atom stereocenters. The first-order valence-electron chi connectivity index (χ1n) is 7.32. The van der Waals surface area contributed by atoms with Gasteiger partial charge < -0.3 is 5.32 Å². The van der Waals surface area contributed by atoms with E-state index in [-0.39, 0.29) is 11.7 Å². The van der Waals surface area contributed by atoms with E-state index in [2.05, 4.69) is 15.3 Å². The Morgan fingerprint density at radius 1 is 1.17 bits per heavy atom. The average molecular weight is 357 g/mol. The first-order chi connectivity index (χ1) is 11.6. The fourth-order valence-electron chi connectivity index (χ4n) is 2.13. The zero-order valence-corrected chi connectivity index (χ0v) is 14.6. The number of fused-ring (bicyclic) bond motifs is 1. The summed E-state index contributed by atoms with van der Waals surface area (Å²) in [6, 6.07) is 11.4. The molecular weight excluding hydrogens is 342 g/mol. The summed E-state index contributed by atoms with van der Waals surface area (Å²) in [6.45, 7) is 1.93. The van der Waals surface area contributed by atoms with Crippen LogP contribution in [0.4, 0.5) is 0 Å². The van der Waals surface area contributed by atoms with Gasteiger partial charge in [-0.1, -0.05) is 30.0 Å². The first kappa shape index (κ1) is 16.6. The van der Waals surface area contributed by atoms with Crippen LogP contribution in [-0.4, -0.2) is 27.4 Å². The number of rotatable bonds is 6. The molecule has 3 aromatic rings. The van der Waals surface area contributed by atoms with E-state index in [0.717, 1.165) is 20.8 Å². The van der Waals surface area contributed by atoms with Gasteiger partial charge in [0.1, 0.15) is 11.4 Å². The molecule has 2 aromatic heterocycles. The number of nitrogens with zero attached hydrogens (tertiary/aromatic N) is 2. The summed E-state index contributed by atoms with van der Waals surface area (Å²) in [7, 11) is 0. The molecule has 0 aliphatic rings. The summed E-state index contributed by atoms with van der Waals surface area (Å²) in [4.78, 5) is 33.5. The van der Waals surface area contributed by atoms with E-state index in [1.165, 1.54) is 36.3 Å². The van der Waals surface area contributed by atoms with E-state index in [4.69, 9.17) is 0 Å². The number of amides is 1. The number of benzene rings is 1. The highest BCUT2D eigenvalue weighted by molar-refractivity contribution is 8.00. The largest absolute Gasteiger partial charge is 0.351 e. The van der Waals surface area contributed by atoms with Gasteiger partial charge in [0.05, 0.1) is 22.7 Å². The van der Waals surface area contributed by atoms with Crippen LogP contribution in [-0.2, 0) is 11.3 Å². The summed E-state index contributed by atoms with van der Waals surface area (Å²) in [6.07, 6.45) is 1.52. The van der Waals surface area contributed by atoms with Gasteiger partial charge in [-0.3, -0.25) is 9.59 Å². The highest BCUT2D eigenvalue weighted by Crippen LogP contribution is 2.26. The Morgan fingerprint density at radius 3 is 2.83 bits per heavy atom. The Hall–Kier alpha value is -2.25. The van der Waals surface area contributed by atoms with Gasteiger partial charge in [0.2, 0.25) is 5.91 Å². The fraction of sp³-hybridized carbons (Fsp3) is 0.176. The topological polar surface area (TPSA) is 72.0 Å². The molecule has 1 amide bonds. The summed E-state index contributed by atoms with van der Waals surface area (Å²) >= 11 is 2.83. The van der Waals surface area contributed by atoms with Crippen molar-refractivity contribution in [2.75, 3.05) is 5.75 Å². The lowest BCUT2D eigenvalue weighted by Crippen LogP contribution is -2.18. The third-order valence-electron chi connectivity index (χ3n) is 3.29. The Kier molecular flexibility index (Phi) is 5.22. The van der Waals surface area contributed by atoms with E-state index >= 15 is 0 Å². The molecule has 0 saturated heterocycles.